The second-order valence-corrected chi connectivity index (χ2v) is 8.18. The molecular formula is C16H23NO3S. The topological polar surface area (TPSA) is 38.5 Å². The van der Waals surface area contributed by atoms with E-state index in [0.29, 0.717) is 0 Å². The fourth-order valence-electron chi connectivity index (χ4n) is 2.34. The van der Waals surface area contributed by atoms with Crippen LogP contribution in [-0.2, 0) is 11.0 Å². The normalized spacial score (nSPS) is 26.0. The molecule has 0 bridgehead atoms. The van der Waals surface area contributed by atoms with Crippen molar-refractivity contribution in [2.24, 2.45) is 0 Å². The van der Waals surface area contributed by atoms with Gasteiger partial charge in [-0.15, -0.1) is 6.58 Å². The van der Waals surface area contributed by atoms with Crippen molar-refractivity contribution in [3.8, 4) is 11.5 Å². The number of rotatable bonds is 5. The first-order valence-corrected chi connectivity index (χ1v) is 8.00. The van der Waals surface area contributed by atoms with Gasteiger partial charge >= 0.3 is 0 Å². The summed E-state index contributed by atoms with van der Waals surface area (Å²) in [6.07, 6.45) is 1.85. The van der Waals surface area contributed by atoms with Crippen LogP contribution < -0.4 is 9.47 Å². The third-order valence-corrected chi connectivity index (χ3v) is 5.38. The van der Waals surface area contributed by atoms with Crippen LogP contribution in [0.2, 0.25) is 0 Å². The quantitative estimate of drug-likeness (QED) is 0.620. The summed E-state index contributed by atoms with van der Waals surface area (Å²) in [5.41, 5.74) is 1.04. The summed E-state index contributed by atoms with van der Waals surface area (Å²) in [6.45, 7) is 9.79. The van der Waals surface area contributed by atoms with Gasteiger partial charge in [0.05, 0.1) is 31.1 Å². The lowest BCUT2D eigenvalue weighted by Gasteiger charge is -2.19. The first-order valence-electron chi connectivity index (χ1n) is 6.89. The van der Waals surface area contributed by atoms with Crippen molar-refractivity contribution < 1.29 is 13.7 Å². The molecule has 0 spiro atoms. The van der Waals surface area contributed by atoms with Crippen LogP contribution in [0, 0.1) is 0 Å². The first kappa shape index (κ1) is 16.0. The molecule has 0 radical (unpaired) electrons. The number of methoxy groups -OCH3 is 2. The maximum Gasteiger partial charge on any atom is 0.122 e. The van der Waals surface area contributed by atoms with Gasteiger partial charge in [0.2, 0.25) is 0 Å². The van der Waals surface area contributed by atoms with Crippen molar-refractivity contribution in [2.45, 2.75) is 37.6 Å². The molecule has 1 heterocycles. The summed E-state index contributed by atoms with van der Waals surface area (Å²) in [6, 6.07) is 5.90. The van der Waals surface area contributed by atoms with E-state index in [2.05, 4.69) is 6.58 Å². The molecule has 1 aliphatic rings. The van der Waals surface area contributed by atoms with E-state index in [0.717, 1.165) is 17.1 Å². The molecule has 0 aromatic heterocycles. The minimum absolute atomic E-state index is 0.0616. The van der Waals surface area contributed by atoms with Gasteiger partial charge in [-0.3, -0.25) is 0 Å². The summed E-state index contributed by atoms with van der Waals surface area (Å²) < 4.78 is 24.9. The van der Waals surface area contributed by atoms with E-state index < -0.39 is 11.0 Å². The van der Waals surface area contributed by atoms with E-state index >= 15 is 0 Å². The van der Waals surface area contributed by atoms with Crippen molar-refractivity contribution in [3.63, 3.8) is 0 Å². The Labute approximate surface area is 129 Å². The van der Waals surface area contributed by atoms with Crippen LogP contribution in [0.1, 0.15) is 32.4 Å². The number of ether oxygens (including phenoxy) is 2. The maximum absolute atomic E-state index is 12.6. The lowest BCUT2D eigenvalue weighted by atomic mass is 10.1. The smallest absolute Gasteiger partial charge is 0.122 e. The fourth-order valence-corrected chi connectivity index (χ4v) is 3.79. The zero-order valence-electron chi connectivity index (χ0n) is 13.3. The molecule has 0 saturated carbocycles. The van der Waals surface area contributed by atoms with Gasteiger partial charge in [-0.05, 0) is 38.5 Å². The molecule has 1 fully saturated rings. The third-order valence-electron chi connectivity index (χ3n) is 3.47. The number of hydrogen-bond donors (Lipinski definition) is 0. The van der Waals surface area contributed by atoms with Gasteiger partial charge in [0.15, 0.2) is 0 Å². The Morgan fingerprint density at radius 1 is 1.19 bits per heavy atom. The largest absolute Gasteiger partial charge is 0.497 e. The second kappa shape index (κ2) is 5.81. The minimum atomic E-state index is -1.08. The van der Waals surface area contributed by atoms with Crippen LogP contribution in [0.5, 0.6) is 11.5 Å². The molecule has 1 aliphatic heterocycles. The molecule has 116 valence electrons. The van der Waals surface area contributed by atoms with Crippen molar-refractivity contribution in [2.75, 3.05) is 14.2 Å². The average molecular weight is 309 g/mol. The Bertz CT molecular complexity index is 543. The predicted octanol–water partition coefficient (Wildman–Crippen LogP) is 3.08. The predicted molar refractivity (Wildman–Crippen MR) is 86.0 cm³/mol. The number of hydrogen-bond acceptors (Lipinski definition) is 3. The Morgan fingerprint density at radius 3 is 2.10 bits per heavy atom. The Kier molecular flexibility index (Phi) is 4.44. The van der Waals surface area contributed by atoms with Crippen molar-refractivity contribution in [3.05, 3.63) is 36.4 Å². The van der Waals surface area contributed by atoms with Crippen molar-refractivity contribution in [1.82, 2.24) is 4.31 Å². The Balaban J connectivity index is 2.34. The summed E-state index contributed by atoms with van der Waals surface area (Å²) in [7, 11) is 2.18. The van der Waals surface area contributed by atoms with E-state index in [4.69, 9.17) is 9.47 Å². The zero-order chi connectivity index (χ0) is 15.8. The minimum Gasteiger partial charge on any atom is -0.497 e. The fraction of sp³-hybridized carbons (Fsp3) is 0.500. The number of nitrogens with zero attached hydrogens (tertiary/aromatic N) is 1. The van der Waals surface area contributed by atoms with Gasteiger partial charge in [0.25, 0.3) is 0 Å². The zero-order valence-corrected chi connectivity index (χ0v) is 14.1. The molecule has 0 N–H and O–H groups in total. The third kappa shape index (κ3) is 3.14. The molecular weight excluding hydrogens is 286 g/mol. The molecule has 4 atom stereocenters. The molecule has 5 heteroatoms. The highest BCUT2D eigenvalue weighted by Crippen LogP contribution is 2.48. The summed E-state index contributed by atoms with van der Waals surface area (Å²) in [5, 5.41) is 0. The number of benzene rings is 1. The van der Waals surface area contributed by atoms with Crippen molar-refractivity contribution in [1.29, 1.82) is 0 Å². The molecule has 1 saturated heterocycles. The van der Waals surface area contributed by atoms with E-state index in [9.17, 15) is 4.21 Å². The highest BCUT2D eigenvalue weighted by Gasteiger charge is 2.53. The molecule has 2 rings (SSSR count). The van der Waals surface area contributed by atoms with E-state index in [1.54, 1.807) is 14.2 Å². The van der Waals surface area contributed by atoms with Gasteiger partial charge < -0.3 is 9.47 Å². The molecule has 1 unspecified atom stereocenters. The lowest BCUT2D eigenvalue weighted by molar-refractivity contribution is 0.393. The van der Waals surface area contributed by atoms with Crippen LogP contribution >= 0.6 is 0 Å². The van der Waals surface area contributed by atoms with Gasteiger partial charge in [-0.2, -0.15) is 0 Å². The van der Waals surface area contributed by atoms with Crippen LogP contribution in [0.4, 0.5) is 0 Å². The average Bonchev–Trinajstić information content (AvgIpc) is 3.18. The Hall–Kier alpha value is -1.33. The van der Waals surface area contributed by atoms with Gasteiger partial charge in [0.1, 0.15) is 22.5 Å². The van der Waals surface area contributed by atoms with Crippen LogP contribution in [0.25, 0.3) is 0 Å². The summed E-state index contributed by atoms with van der Waals surface area (Å²) in [5.74, 6) is 1.47. The second-order valence-electron chi connectivity index (χ2n) is 6.04. The molecule has 21 heavy (non-hydrogen) atoms. The molecule has 0 aliphatic carbocycles. The van der Waals surface area contributed by atoms with Crippen LogP contribution in [0.3, 0.4) is 0 Å². The molecule has 4 nitrogen and oxygen atoms in total. The van der Waals surface area contributed by atoms with E-state index in [1.165, 1.54) is 0 Å². The standard InChI is InChI=1S/C16H23NO3S/c1-7-14-15(17(14)21(18)16(2,3)4)11-8-12(19-5)10-13(9-11)20-6/h7-10,14-15H,1H2,2-6H3/t14-,15-,17?,21+/m0/s1. The van der Waals surface area contributed by atoms with Gasteiger partial charge in [0, 0.05) is 6.07 Å². The van der Waals surface area contributed by atoms with Gasteiger partial charge in [-0.1, -0.05) is 6.08 Å². The van der Waals surface area contributed by atoms with E-state index in [-0.39, 0.29) is 16.8 Å². The highest BCUT2D eigenvalue weighted by molar-refractivity contribution is 7.84. The molecule has 0 amide bonds. The lowest BCUT2D eigenvalue weighted by Crippen LogP contribution is -2.28. The van der Waals surface area contributed by atoms with Crippen molar-refractivity contribution >= 4 is 11.0 Å². The monoisotopic (exact) mass is 309 g/mol. The van der Waals surface area contributed by atoms with E-state index in [1.807, 2.05) is 49.4 Å². The molecule has 1 aromatic rings. The van der Waals surface area contributed by atoms with Crippen LogP contribution in [-0.4, -0.2) is 33.5 Å². The summed E-state index contributed by atoms with van der Waals surface area (Å²) in [4.78, 5) is 0. The SMILES string of the molecule is C=C[C@H]1[C@H](c2cc(OC)cc(OC)c2)N1[S@](=O)C(C)(C)C. The molecule has 1 aromatic carbocycles. The van der Waals surface area contributed by atoms with Crippen LogP contribution in [0.15, 0.2) is 30.9 Å². The highest BCUT2D eigenvalue weighted by atomic mass is 32.2. The maximum atomic E-state index is 12.6. The Morgan fingerprint density at radius 2 is 1.71 bits per heavy atom. The first-order chi connectivity index (χ1) is 9.83. The summed E-state index contributed by atoms with van der Waals surface area (Å²) >= 11 is 0. The van der Waals surface area contributed by atoms with Gasteiger partial charge in [-0.25, -0.2) is 8.51 Å².